The normalized spacial score (nSPS) is 10.8. The number of hydrogen-bond donors (Lipinski definition) is 1. The maximum atomic E-state index is 11.9. The number of methoxy groups -OCH3 is 1. The first-order valence-corrected chi connectivity index (χ1v) is 7.78. The molecule has 0 fully saturated rings. The van der Waals surface area contributed by atoms with Crippen LogP contribution in [0.3, 0.4) is 0 Å². The lowest BCUT2D eigenvalue weighted by atomic mass is 10.2. The number of nitro groups is 1. The fraction of sp³-hybridized carbons (Fsp3) is 0.278. The molecule has 0 aliphatic carbocycles. The minimum absolute atomic E-state index is 0.176. The van der Waals surface area contributed by atoms with Gasteiger partial charge in [-0.3, -0.25) is 15.4 Å². The highest BCUT2D eigenvalue weighted by atomic mass is 16.6. The van der Waals surface area contributed by atoms with Gasteiger partial charge in [-0.05, 0) is 32.9 Å². The van der Waals surface area contributed by atoms with Crippen molar-refractivity contribution in [3.8, 4) is 17.2 Å². The summed E-state index contributed by atoms with van der Waals surface area (Å²) in [6.45, 7) is 5.16. The van der Waals surface area contributed by atoms with Gasteiger partial charge in [0.15, 0.2) is 11.5 Å². The number of ether oxygens (including phenoxy) is 3. The molecule has 1 N–H and O–H groups in total. The Bertz CT molecular complexity index is 814. The summed E-state index contributed by atoms with van der Waals surface area (Å²) in [5.41, 5.74) is -0.747. The number of rotatable bonds is 5. The minimum Gasteiger partial charge on any atom is -0.493 e. The molecular weight excluding hydrogens is 340 g/mol. The van der Waals surface area contributed by atoms with Crippen LogP contribution in [-0.2, 0) is 4.74 Å². The molecule has 0 saturated carbocycles. The first-order chi connectivity index (χ1) is 12.2. The fourth-order valence-electron chi connectivity index (χ4n) is 2.07. The number of carbonyl (C=O) groups excluding carboxylic acids is 1. The van der Waals surface area contributed by atoms with Gasteiger partial charge in [-0.2, -0.15) is 0 Å². The van der Waals surface area contributed by atoms with Crippen LogP contribution in [-0.4, -0.2) is 23.7 Å². The van der Waals surface area contributed by atoms with Gasteiger partial charge in [0.2, 0.25) is 0 Å². The average Bonchev–Trinajstić information content (AvgIpc) is 2.53. The first kappa shape index (κ1) is 19.0. The Kier molecular flexibility index (Phi) is 5.66. The zero-order valence-corrected chi connectivity index (χ0v) is 14.9. The molecule has 8 heteroatoms. The zero-order chi connectivity index (χ0) is 19.3. The zero-order valence-electron chi connectivity index (χ0n) is 14.9. The largest absolute Gasteiger partial charge is 0.493 e. The van der Waals surface area contributed by atoms with E-state index in [2.05, 4.69) is 5.32 Å². The van der Waals surface area contributed by atoms with E-state index in [0.717, 1.165) is 0 Å². The Hall–Kier alpha value is -3.29. The van der Waals surface area contributed by atoms with Gasteiger partial charge in [-0.15, -0.1) is 0 Å². The third kappa shape index (κ3) is 5.37. The lowest BCUT2D eigenvalue weighted by Crippen LogP contribution is -2.27. The maximum Gasteiger partial charge on any atom is 0.412 e. The summed E-state index contributed by atoms with van der Waals surface area (Å²) < 4.78 is 16.0. The molecule has 2 aromatic rings. The minimum atomic E-state index is -0.721. The topological polar surface area (TPSA) is 99.9 Å². The Balaban J connectivity index is 2.30. The molecule has 0 spiro atoms. The Morgan fingerprint density at radius 2 is 1.77 bits per heavy atom. The van der Waals surface area contributed by atoms with E-state index in [1.807, 2.05) is 0 Å². The van der Waals surface area contributed by atoms with E-state index in [4.69, 9.17) is 14.2 Å². The average molecular weight is 360 g/mol. The molecule has 0 radical (unpaired) electrons. The van der Waals surface area contributed by atoms with Crippen molar-refractivity contribution in [3.63, 3.8) is 0 Å². The van der Waals surface area contributed by atoms with Crippen LogP contribution in [0.2, 0.25) is 0 Å². The summed E-state index contributed by atoms with van der Waals surface area (Å²) in [5.74, 6) is 1.04. The second-order valence-electron chi connectivity index (χ2n) is 6.35. The highest BCUT2D eigenvalue weighted by Gasteiger charge is 2.18. The van der Waals surface area contributed by atoms with Crippen molar-refractivity contribution >= 4 is 17.5 Å². The van der Waals surface area contributed by atoms with Crippen molar-refractivity contribution < 1.29 is 23.9 Å². The van der Waals surface area contributed by atoms with Crippen LogP contribution in [0.15, 0.2) is 42.5 Å². The Morgan fingerprint density at radius 3 is 2.35 bits per heavy atom. The first-order valence-electron chi connectivity index (χ1n) is 7.78. The van der Waals surface area contributed by atoms with Gasteiger partial charge in [-0.25, -0.2) is 4.79 Å². The number of anilines is 1. The molecule has 26 heavy (non-hydrogen) atoms. The second-order valence-corrected chi connectivity index (χ2v) is 6.35. The summed E-state index contributed by atoms with van der Waals surface area (Å²) in [6.07, 6.45) is -0.721. The van der Waals surface area contributed by atoms with Crippen molar-refractivity contribution in [1.82, 2.24) is 0 Å². The number of nitrogens with zero attached hydrogens (tertiary/aromatic N) is 1. The van der Waals surface area contributed by atoms with Crippen molar-refractivity contribution in [2.75, 3.05) is 12.4 Å². The summed E-state index contributed by atoms with van der Waals surface area (Å²) >= 11 is 0. The van der Waals surface area contributed by atoms with Crippen molar-refractivity contribution in [2.45, 2.75) is 26.4 Å². The number of benzene rings is 2. The predicted molar refractivity (Wildman–Crippen MR) is 96.0 cm³/mol. The van der Waals surface area contributed by atoms with Crippen molar-refractivity contribution in [2.24, 2.45) is 0 Å². The van der Waals surface area contributed by atoms with Gasteiger partial charge in [0.25, 0.3) is 5.69 Å². The number of para-hydroxylation sites is 2. The van der Waals surface area contributed by atoms with Crippen LogP contribution in [0.1, 0.15) is 20.8 Å². The third-order valence-corrected chi connectivity index (χ3v) is 3.04. The predicted octanol–water partition coefficient (Wildman–Crippen LogP) is 4.74. The number of nitrogens with one attached hydrogen (secondary N) is 1. The molecule has 1 amide bonds. The van der Waals surface area contributed by atoms with E-state index in [0.29, 0.717) is 11.5 Å². The number of non-ortho nitro benzene ring substituents is 1. The second kappa shape index (κ2) is 7.73. The summed E-state index contributed by atoms with van der Waals surface area (Å²) in [5, 5.41) is 13.6. The van der Waals surface area contributed by atoms with Gasteiger partial charge in [0.1, 0.15) is 11.4 Å². The van der Waals surface area contributed by atoms with Crippen LogP contribution >= 0.6 is 0 Å². The fourth-order valence-corrected chi connectivity index (χ4v) is 2.07. The van der Waals surface area contributed by atoms with Gasteiger partial charge in [-0.1, -0.05) is 12.1 Å². The SMILES string of the molecule is COc1ccccc1Oc1cc(NC(=O)OC(C)(C)C)cc([N+](=O)[O-])c1. The molecular formula is C18H20N2O6. The molecule has 0 aromatic heterocycles. The van der Waals surface area contributed by atoms with Crippen molar-refractivity contribution in [3.05, 3.63) is 52.6 Å². The van der Waals surface area contributed by atoms with Crippen molar-refractivity contribution in [1.29, 1.82) is 0 Å². The maximum absolute atomic E-state index is 11.9. The van der Waals surface area contributed by atoms with Gasteiger partial charge in [0, 0.05) is 12.1 Å². The molecule has 0 saturated heterocycles. The highest BCUT2D eigenvalue weighted by molar-refractivity contribution is 5.85. The lowest BCUT2D eigenvalue weighted by Gasteiger charge is -2.19. The monoisotopic (exact) mass is 360 g/mol. The molecule has 0 aliphatic heterocycles. The van der Waals surface area contributed by atoms with Crippen LogP contribution in [0.25, 0.3) is 0 Å². The number of carbonyl (C=O) groups is 1. The van der Waals surface area contributed by atoms with E-state index < -0.39 is 16.6 Å². The molecule has 138 valence electrons. The number of hydrogen-bond acceptors (Lipinski definition) is 6. The van der Waals surface area contributed by atoms with Crippen LogP contribution in [0.4, 0.5) is 16.2 Å². The summed E-state index contributed by atoms with van der Waals surface area (Å²) in [4.78, 5) is 22.5. The van der Waals surface area contributed by atoms with E-state index >= 15 is 0 Å². The third-order valence-electron chi connectivity index (χ3n) is 3.04. The standard InChI is InChI=1S/C18H20N2O6/c1-18(2,3)26-17(21)19-12-9-13(20(22)23)11-14(10-12)25-16-8-6-5-7-15(16)24-4/h5-11H,1-4H3,(H,19,21). The highest BCUT2D eigenvalue weighted by Crippen LogP contribution is 2.34. The van der Waals surface area contributed by atoms with E-state index in [-0.39, 0.29) is 17.1 Å². The van der Waals surface area contributed by atoms with Crippen LogP contribution < -0.4 is 14.8 Å². The molecule has 0 unspecified atom stereocenters. The molecule has 2 rings (SSSR count). The van der Waals surface area contributed by atoms with E-state index in [9.17, 15) is 14.9 Å². The molecule has 0 bridgehead atoms. The quantitative estimate of drug-likeness (QED) is 0.610. The van der Waals surface area contributed by atoms with Crippen LogP contribution in [0.5, 0.6) is 17.2 Å². The lowest BCUT2D eigenvalue weighted by molar-refractivity contribution is -0.384. The molecule has 8 nitrogen and oxygen atoms in total. The molecule has 0 heterocycles. The Labute approximate surface area is 150 Å². The van der Waals surface area contributed by atoms with Gasteiger partial charge < -0.3 is 14.2 Å². The van der Waals surface area contributed by atoms with Gasteiger partial charge in [0.05, 0.1) is 23.8 Å². The smallest absolute Gasteiger partial charge is 0.412 e. The molecule has 0 atom stereocenters. The number of nitro benzene ring substituents is 1. The summed E-state index contributed by atoms with van der Waals surface area (Å²) in [7, 11) is 1.49. The molecule has 2 aromatic carbocycles. The Morgan fingerprint density at radius 1 is 1.12 bits per heavy atom. The number of amides is 1. The van der Waals surface area contributed by atoms with Crippen LogP contribution in [0, 0.1) is 10.1 Å². The summed E-state index contributed by atoms with van der Waals surface area (Å²) in [6, 6.07) is 10.8. The van der Waals surface area contributed by atoms with E-state index in [1.54, 1.807) is 45.0 Å². The van der Waals surface area contributed by atoms with Gasteiger partial charge >= 0.3 is 6.09 Å². The molecule has 0 aliphatic rings. The van der Waals surface area contributed by atoms with E-state index in [1.165, 1.54) is 25.3 Å².